The second-order valence-corrected chi connectivity index (χ2v) is 5.90. The lowest BCUT2D eigenvalue weighted by molar-refractivity contribution is 1.13. The van der Waals surface area contributed by atoms with Gasteiger partial charge in [0, 0.05) is 21.6 Å². The van der Waals surface area contributed by atoms with Crippen LogP contribution in [0.1, 0.15) is 11.1 Å². The number of nitrogens with one attached hydrogen (secondary N) is 1. The Balaban J connectivity index is 2.04. The van der Waals surface area contributed by atoms with Crippen molar-refractivity contribution in [1.29, 1.82) is 0 Å². The molecule has 0 fully saturated rings. The van der Waals surface area contributed by atoms with E-state index in [0.29, 0.717) is 0 Å². The van der Waals surface area contributed by atoms with Crippen LogP contribution in [0.2, 0.25) is 0 Å². The normalized spacial score (nSPS) is 10.4. The second-order valence-electron chi connectivity index (χ2n) is 4.17. The number of anilines is 1. The number of benzene rings is 2. The molecule has 0 spiro atoms. The van der Waals surface area contributed by atoms with Crippen molar-refractivity contribution in [3.8, 4) is 0 Å². The second kappa shape index (κ2) is 6.30. The lowest BCUT2D eigenvalue weighted by Crippen LogP contribution is -1.99. The number of aryl methyl sites for hydroxylation is 1. The van der Waals surface area contributed by atoms with Gasteiger partial charge in [-0.15, -0.1) is 11.8 Å². The topological polar surface area (TPSA) is 12.0 Å². The van der Waals surface area contributed by atoms with Crippen LogP contribution in [-0.2, 0) is 6.54 Å². The van der Waals surface area contributed by atoms with Crippen LogP contribution in [0.5, 0.6) is 0 Å². The van der Waals surface area contributed by atoms with Crippen molar-refractivity contribution in [2.24, 2.45) is 0 Å². The van der Waals surface area contributed by atoms with Crippen LogP contribution in [-0.4, -0.2) is 6.26 Å². The van der Waals surface area contributed by atoms with Crippen LogP contribution in [0, 0.1) is 6.92 Å². The summed E-state index contributed by atoms with van der Waals surface area (Å²) in [4.78, 5) is 1.28. The number of rotatable bonds is 4. The molecule has 0 aliphatic heterocycles. The van der Waals surface area contributed by atoms with Crippen molar-refractivity contribution < 1.29 is 0 Å². The minimum Gasteiger partial charge on any atom is -0.381 e. The van der Waals surface area contributed by atoms with E-state index in [1.807, 2.05) is 0 Å². The molecule has 94 valence electrons. The third kappa shape index (κ3) is 3.53. The first-order chi connectivity index (χ1) is 8.69. The van der Waals surface area contributed by atoms with Crippen molar-refractivity contribution in [2.45, 2.75) is 18.4 Å². The van der Waals surface area contributed by atoms with Crippen molar-refractivity contribution in [1.82, 2.24) is 0 Å². The average molecular weight is 322 g/mol. The van der Waals surface area contributed by atoms with Crippen molar-refractivity contribution in [2.75, 3.05) is 11.6 Å². The molecular weight excluding hydrogens is 306 g/mol. The van der Waals surface area contributed by atoms with E-state index in [2.05, 4.69) is 76.9 Å². The molecule has 0 aromatic heterocycles. The molecule has 2 aromatic rings. The Morgan fingerprint density at radius 2 is 2.00 bits per heavy atom. The molecule has 0 amide bonds. The molecule has 0 radical (unpaired) electrons. The maximum atomic E-state index is 3.52. The molecule has 18 heavy (non-hydrogen) atoms. The van der Waals surface area contributed by atoms with E-state index < -0.39 is 0 Å². The van der Waals surface area contributed by atoms with E-state index in [-0.39, 0.29) is 0 Å². The van der Waals surface area contributed by atoms with Gasteiger partial charge in [-0.05, 0) is 48.6 Å². The van der Waals surface area contributed by atoms with E-state index in [0.717, 1.165) is 11.0 Å². The Hall–Kier alpha value is -0.930. The Kier molecular flexibility index (Phi) is 4.72. The van der Waals surface area contributed by atoms with Gasteiger partial charge in [-0.2, -0.15) is 0 Å². The standard InChI is InChI=1S/C15H16BrNS/c1-11-8-12(6-7-15(11)16)10-17-13-4-3-5-14(9-13)18-2/h3-9,17H,10H2,1-2H3. The van der Waals surface area contributed by atoms with Gasteiger partial charge in [-0.1, -0.05) is 34.1 Å². The molecule has 1 nitrogen and oxygen atoms in total. The first kappa shape index (κ1) is 13.5. The smallest absolute Gasteiger partial charge is 0.0400 e. The van der Waals surface area contributed by atoms with Gasteiger partial charge >= 0.3 is 0 Å². The van der Waals surface area contributed by atoms with E-state index >= 15 is 0 Å². The van der Waals surface area contributed by atoms with Crippen LogP contribution in [0.4, 0.5) is 5.69 Å². The fourth-order valence-corrected chi connectivity index (χ4v) is 2.46. The molecule has 3 heteroatoms. The van der Waals surface area contributed by atoms with Gasteiger partial charge in [0.25, 0.3) is 0 Å². The highest BCUT2D eigenvalue weighted by Gasteiger charge is 1.98. The molecule has 0 heterocycles. The fraction of sp³-hybridized carbons (Fsp3) is 0.200. The fourth-order valence-electron chi connectivity index (χ4n) is 1.75. The molecule has 0 bridgehead atoms. The predicted octanol–water partition coefficient (Wildman–Crippen LogP) is 5.09. The Bertz CT molecular complexity index is 540. The quantitative estimate of drug-likeness (QED) is 0.787. The highest BCUT2D eigenvalue weighted by atomic mass is 79.9. The SMILES string of the molecule is CSc1cccc(NCc2ccc(Br)c(C)c2)c1. The maximum absolute atomic E-state index is 3.52. The molecule has 1 N–H and O–H groups in total. The van der Waals surface area contributed by atoms with E-state index in [4.69, 9.17) is 0 Å². The third-order valence-corrected chi connectivity index (χ3v) is 4.40. The molecule has 2 aromatic carbocycles. The first-order valence-electron chi connectivity index (χ1n) is 5.82. The van der Waals surface area contributed by atoms with Crippen LogP contribution in [0.15, 0.2) is 51.8 Å². The zero-order chi connectivity index (χ0) is 13.0. The highest BCUT2D eigenvalue weighted by Crippen LogP contribution is 2.21. The first-order valence-corrected chi connectivity index (χ1v) is 7.84. The number of hydrogen-bond donors (Lipinski definition) is 1. The summed E-state index contributed by atoms with van der Waals surface area (Å²) in [5.41, 5.74) is 3.74. The van der Waals surface area contributed by atoms with Gasteiger partial charge in [-0.3, -0.25) is 0 Å². The Morgan fingerprint density at radius 1 is 1.17 bits per heavy atom. The maximum Gasteiger partial charge on any atom is 0.0400 e. The van der Waals surface area contributed by atoms with Gasteiger partial charge in [0.05, 0.1) is 0 Å². The summed E-state index contributed by atoms with van der Waals surface area (Å²) >= 11 is 5.28. The summed E-state index contributed by atoms with van der Waals surface area (Å²) in [5, 5.41) is 3.45. The lowest BCUT2D eigenvalue weighted by Gasteiger charge is -2.09. The van der Waals surface area contributed by atoms with Crippen molar-refractivity contribution in [3.05, 3.63) is 58.1 Å². The van der Waals surface area contributed by atoms with Gasteiger partial charge in [0.15, 0.2) is 0 Å². The molecule has 0 aliphatic rings. The summed E-state index contributed by atoms with van der Waals surface area (Å²) in [7, 11) is 0. The number of thioether (sulfide) groups is 1. The van der Waals surface area contributed by atoms with Gasteiger partial charge in [-0.25, -0.2) is 0 Å². The molecular formula is C15H16BrNS. The lowest BCUT2D eigenvalue weighted by atomic mass is 10.1. The summed E-state index contributed by atoms with van der Waals surface area (Å²) < 4.78 is 1.16. The van der Waals surface area contributed by atoms with E-state index in [1.165, 1.54) is 21.7 Å². The monoisotopic (exact) mass is 321 g/mol. The molecule has 0 aliphatic carbocycles. The predicted molar refractivity (Wildman–Crippen MR) is 84.4 cm³/mol. The van der Waals surface area contributed by atoms with Crippen LogP contribution in [0.3, 0.4) is 0 Å². The van der Waals surface area contributed by atoms with Gasteiger partial charge in [0.1, 0.15) is 0 Å². The Morgan fingerprint density at radius 3 is 2.72 bits per heavy atom. The average Bonchev–Trinajstić information content (AvgIpc) is 2.40. The summed E-state index contributed by atoms with van der Waals surface area (Å²) in [6, 6.07) is 14.9. The molecule has 2 rings (SSSR count). The highest BCUT2D eigenvalue weighted by molar-refractivity contribution is 9.10. The zero-order valence-corrected chi connectivity index (χ0v) is 12.9. The van der Waals surface area contributed by atoms with E-state index in [9.17, 15) is 0 Å². The van der Waals surface area contributed by atoms with E-state index in [1.54, 1.807) is 11.8 Å². The number of hydrogen-bond acceptors (Lipinski definition) is 2. The van der Waals surface area contributed by atoms with Gasteiger partial charge < -0.3 is 5.32 Å². The Labute approximate surface area is 121 Å². The van der Waals surface area contributed by atoms with Crippen LogP contribution in [0.25, 0.3) is 0 Å². The van der Waals surface area contributed by atoms with Crippen LogP contribution >= 0.6 is 27.7 Å². The zero-order valence-electron chi connectivity index (χ0n) is 10.5. The summed E-state index contributed by atoms with van der Waals surface area (Å²) in [6.07, 6.45) is 2.09. The summed E-state index contributed by atoms with van der Waals surface area (Å²) in [6.45, 7) is 2.97. The molecule has 0 atom stereocenters. The van der Waals surface area contributed by atoms with Gasteiger partial charge in [0.2, 0.25) is 0 Å². The minimum atomic E-state index is 0.853. The number of halogens is 1. The molecule has 0 unspecified atom stereocenters. The molecule has 0 saturated carbocycles. The largest absolute Gasteiger partial charge is 0.381 e. The third-order valence-electron chi connectivity index (χ3n) is 2.79. The summed E-state index contributed by atoms with van der Waals surface area (Å²) in [5.74, 6) is 0. The van der Waals surface area contributed by atoms with Crippen molar-refractivity contribution >= 4 is 33.4 Å². The molecule has 0 saturated heterocycles. The van der Waals surface area contributed by atoms with Crippen molar-refractivity contribution in [3.63, 3.8) is 0 Å². The minimum absolute atomic E-state index is 0.853. The van der Waals surface area contributed by atoms with Crippen LogP contribution < -0.4 is 5.32 Å².